The van der Waals surface area contributed by atoms with Crippen molar-refractivity contribution in [3.05, 3.63) is 54.6 Å². The molecule has 0 aliphatic heterocycles. The average Bonchev–Trinajstić information content (AvgIpc) is 2.68. The number of rotatable bonds is 9. The molecule has 0 aliphatic carbocycles. The molecule has 0 amide bonds. The second-order valence-corrected chi connectivity index (χ2v) is 5.60. The third-order valence-corrected chi connectivity index (χ3v) is 3.58. The van der Waals surface area contributed by atoms with Gasteiger partial charge in [0.1, 0.15) is 19.0 Å². The Hall–Kier alpha value is -3.68. The number of esters is 3. The van der Waals surface area contributed by atoms with Crippen LogP contribution < -0.4 is 4.74 Å². The number of carboxylic acid groups (broad SMARTS) is 1. The van der Waals surface area contributed by atoms with E-state index in [1.54, 1.807) is 18.2 Å². The largest absolute Gasteiger partial charge is 0.478 e. The highest BCUT2D eigenvalue weighted by Gasteiger charge is 2.11. The fourth-order valence-electron chi connectivity index (χ4n) is 2.24. The summed E-state index contributed by atoms with van der Waals surface area (Å²) in [5.41, 5.74) is 0.162. The second kappa shape index (κ2) is 9.86. The Balaban J connectivity index is 1.80. The molecule has 0 radical (unpaired) electrons. The van der Waals surface area contributed by atoms with Gasteiger partial charge < -0.3 is 19.3 Å². The Morgan fingerprint density at radius 1 is 0.893 bits per heavy atom. The van der Waals surface area contributed by atoms with Crippen molar-refractivity contribution in [2.75, 3.05) is 13.2 Å². The fourth-order valence-corrected chi connectivity index (χ4v) is 2.24. The van der Waals surface area contributed by atoms with Gasteiger partial charge in [-0.25, -0.2) is 9.59 Å². The number of ether oxygens (including phenoxy) is 3. The number of hydrogen-bond donors (Lipinski definition) is 1. The van der Waals surface area contributed by atoms with E-state index in [0.717, 1.165) is 6.08 Å². The zero-order chi connectivity index (χ0) is 20.5. The Morgan fingerprint density at radius 2 is 1.54 bits per heavy atom. The molecule has 146 valence electrons. The summed E-state index contributed by atoms with van der Waals surface area (Å²) in [5, 5.41) is 10.4. The maximum Gasteiger partial charge on any atom is 0.335 e. The number of fused-ring (bicyclic) bond motifs is 1. The average molecular weight is 386 g/mol. The van der Waals surface area contributed by atoms with Gasteiger partial charge in [0.25, 0.3) is 0 Å². The van der Waals surface area contributed by atoms with Crippen molar-refractivity contribution >= 4 is 34.6 Å². The number of carboxylic acids is 1. The van der Waals surface area contributed by atoms with Gasteiger partial charge in [-0.15, -0.1) is 0 Å². The predicted molar refractivity (Wildman–Crippen MR) is 97.9 cm³/mol. The van der Waals surface area contributed by atoms with Crippen LogP contribution in [0.25, 0.3) is 10.8 Å². The van der Waals surface area contributed by atoms with Gasteiger partial charge in [0, 0.05) is 6.08 Å². The van der Waals surface area contributed by atoms with Gasteiger partial charge in [-0.3, -0.25) is 9.59 Å². The van der Waals surface area contributed by atoms with Crippen molar-refractivity contribution in [3.63, 3.8) is 0 Å². The van der Waals surface area contributed by atoms with Crippen LogP contribution in [0.1, 0.15) is 23.2 Å². The Labute approximate surface area is 160 Å². The maximum atomic E-state index is 11.9. The van der Waals surface area contributed by atoms with Crippen LogP contribution in [-0.4, -0.2) is 42.2 Å². The molecule has 0 bridgehead atoms. The van der Waals surface area contributed by atoms with Gasteiger partial charge in [-0.05, 0) is 35.0 Å². The van der Waals surface area contributed by atoms with E-state index in [9.17, 15) is 19.2 Å². The molecule has 0 aromatic heterocycles. The van der Waals surface area contributed by atoms with E-state index in [0.29, 0.717) is 10.8 Å². The zero-order valence-corrected chi connectivity index (χ0v) is 14.9. The lowest BCUT2D eigenvalue weighted by Gasteiger charge is -2.07. The summed E-state index contributed by atoms with van der Waals surface area (Å²) < 4.78 is 14.6. The number of aromatic carboxylic acids is 1. The van der Waals surface area contributed by atoms with Crippen LogP contribution in [0.2, 0.25) is 0 Å². The Kier molecular flexibility index (Phi) is 7.27. The molecule has 0 atom stereocenters. The zero-order valence-electron chi connectivity index (χ0n) is 14.9. The van der Waals surface area contributed by atoms with Crippen LogP contribution in [0.15, 0.2) is 49.1 Å². The van der Waals surface area contributed by atoms with Crippen LogP contribution in [-0.2, 0) is 23.9 Å². The second-order valence-electron chi connectivity index (χ2n) is 5.60. The van der Waals surface area contributed by atoms with E-state index >= 15 is 0 Å². The van der Waals surface area contributed by atoms with Crippen LogP contribution in [0.4, 0.5) is 0 Å². The van der Waals surface area contributed by atoms with Crippen molar-refractivity contribution in [1.82, 2.24) is 0 Å². The molecule has 28 heavy (non-hydrogen) atoms. The van der Waals surface area contributed by atoms with Crippen LogP contribution in [0.3, 0.4) is 0 Å². The van der Waals surface area contributed by atoms with Gasteiger partial charge in [-0.1, -0.05) is 18.7 Å². The first kappa shape index (κ1) is 20.6. The summed E-state index contributed by atoms with van der Waals surface area (Å²) in [6, 6.07) is 9.38. The molecule has 2 rings (SSSR count). The summed E-state index contributed by atoms with van der Waals surface area (Å²) in [4.78, 5) is 45.2. The molecule has 0 spiro atoms. The number of hydrogen-bond acceptors (Lipinski definition) is 7. The van der Waals surface area contributed by atoms with E-state index < -0.39 is 23.9 Å². The molecular weight excluding hydrogens is 368 g/mol. The standard InChI is InChI=1S/C20H18O8/c1-2-17(21)26-9-10-27-18(22)7-8-19(23)28-16-6-5-13-11-15(20(24)25)4-3-14(13)12-16/h2-6,11-12H,1,7-10H2,(H,24,25). The lowest BCUT2D eigenvalue weighted by molar-refractivity contribution is -0.151. The highest BCUT2D eigenvalue weighted by atomic mass is 16.6. The number of carbonyl (C=O) groups excluding carboxylic acids is 3. The molecule has 8 nitrogen and oxygen atoms in total. The monoisotopic (exact) mass is 386 g/mol. The lowest BCUT2D eigenvalue weighted by atomic mass is 10.1. The highest BCUT2D eigenvalue weighted by Crippen LogP contribution is 2.22. The van der Waals surface area contributed by atoms with Crippen LogP contribution >= 0.6 is 0 Å². The van der Waals surface area contributed by atoms with Crippen LogP contribution in [0, 0.1) is 0 Å². The first-order valence-electron chi connectivity index (χ1n) is 8.31. The predicted octanol–water partition coefficient (Wildman–Crippen LogP) is 2.50. The molecule has 2 aromatic rings. The van der Waals surface area contributed by atoms with E-state index in [1.165, 1.54) is 18.2 Å². The van der Waals surface area contributed by atoms with Crippen molar-refractivity contribution in [2.45, 2.75) is 12.8 Å². The van der Waals surface area contributed by atoms with Crippen molar-refractivity contribution < 1.29 is 38.5 Å². The maximum absolute atomic E-state index is 11.9. The fraction of sp³-hybridized carbons (Fsp3) is 0.200. The number of benzene rings is 2. The summed E-state index contributed by atoms with van der Waals surface area (Å²) in [6.45, 7) is 3.02. The van der Waals surface area contributed by atoms with Gasteiger partial charge in [0.15, 0.2) is 0 Å². The van der Waals surface area contributed by atoms with Gasteiger partial charge >= 0.3 is 23.9 Å². The molecule has 2 aromatic carbocycles. The van der Waals surface area contributed by atoms with Crippen molar-refractivity contribution in [2.24, 2.45) is 0 Å². The van der Waals surface area contributed by atoms with Crippen molar-refractivity contribution in [1.29, 1.82) is 0 Å². The quantitative estimate of drug-likeness (QED) is 0.302. The van der Waals surface area contributed by atoms with Crippen molar-refractivity contribution in [3.8, 4) is 5.75 Å². The summed E-state index contributed by atoms with van der Waals surface area (Å²) in [7, 11) is 0. The Bertz CT molecular complexity index is 916. The topological polar surface area (TPSA) is 116 Å². The number of carbonyl (C=O) groups is 4. The first-order valence-corrected chi connectivity index (χ1v) is 8.31. The van der Waals surface area contributed by atoms with E-state index in [1.807, 2.05) is 0 Å². The SMILES string of the molecule is C=CC(=O)OCCOC(=O)CCC(=O)Oc1ccc2cc(C(=O)O)ccc2c1. The smallest absolute Gasteiger partial charge is 0.335 e. The summed E-state index contributed by atoms with van der Waals surface area (Å²) in [6.07, 6.45) is 0.640. The molecule has 0 saturated heterocycles. The van der Waals surface area contributed by atoms with Gasteiger partial charge in [0.2, 0.25) is 0 Å². The molecule has 0 saturated carbocycles. The van der Waals surface area contributed by atoms with E-state index in [2.05, 4.69) is 11.3 Å². The van der Waals surface area contributed by atoms with Gasteiger partial charge in [0.05, 0.1) is 18.4 Å². The third-order valence-electron chi connectivity index (χ3n) is 3.58. The van der Waals surface area contributed by atoms with E-state index in [-0.39, 0.29) is 37.4 Å². The first-order chi connectivity index (χ1) is 13.4. The van der Waals surface area contributed by atoms with E-state index in [4.69, 9.17) is 14.6 Å². The molecule has 0 fully saturated rings. The third kappa shape index (κ3) is 6.24. The minimum absolute atomic E-state index is 0.0955. The molecule has 0 heterocycles. The minimum Gasteiger partial charge on any atom is -0.478 e. The Morgan fingerprint density at radius 3 is 2.25 bits per heavy atom. The van der Waals surface area contributed by atoms with Gasteiger partial charge in [-0.2, -0.15) is 0 Å². The molecule has 1 N–H and O–H groups in total. The summed E-state index contributed by atoms with van der Waals surface area (Å²) in [5.74, 6) is -2.59. The lowest BCUT2D eigenvalue weighted by Crippen LogP contribution is -2.15. The molecule has 0 unspecified atom stereocenters. The van der Waals surface area contributed by atoms with Crippen LogP contribution in [0.5, 0.6) is 5.75 Å². The summed E-state index contributed by atoms with van der Waals surface area (Å²) >= 11 is 0. The molecule has 0 aliphatic rings. The molecule has 8 heteroatoms. The minimum atomic E-state index is -1.02. The normalized spacial score (nSPS) is 10.1. The molecular formula is C20H18O8. The highest BCUT2D eigenvalue weighted by molar-refractivity contribution is 5.95.